The fourth-order valence-electron chi connectivity index (χ4n) is 3.41. The van der Waals surface area contributed by atoms with E-state index in [2.05, 4.69) is 43.4 Å². The number of pyridine rings is 1. The van der Waals surface area contributed by atoms with Crippen LogP contribution in [0.2, 0.25) is 5.02 Å². The SMILES string of the molecule is CCNC(=NCc1ccccn1)NCCCN1CCN(c2cccc(Cl)c2)CC1.I. The smallest absolute Gasteiger partial charge is 0.191 e. The molecule has 3 rings (SSSR count). The maximum Gasteiger partial charge on any atom is 0.191 e. The van der Waals surface area contributed by atoms with Crippen molar-refractivity contribution in [2.45, 2.75) is 19.9 Å². The highest BCUT2D eigenvalue weighted by Crippen LogP contribution is 2.20. The van der Waals surface area contributed by atoms with Gasteiger partial charge in [0.05, 0.1) is 12.2 Å². The van der Waals surface area contributed by atoms with Gasteiger partial charge in [-0.15, -0.1) is 24.0 Å². The Morgan fingerprint density at radius 1 is 1.10 bits per heavy atom. The maximum atomic E-state index is 6.12. The van der Waals surface area contributed by atoms with Gasteiger partial charge in [0.1, 0.15) is 0 Å². The molecule has 1 aliphatic rings. The van der Waals surface area contributed by atoms with E-state index in [9.17, 15) is 0 Å². The Morgan fingerprint density at radius 2 is 1.93 bits per heavy atom. The van der Waals surface area contributed by atoms with E-state index in [1.807, 2.05) is 36.4 Å². The summed E-state index contributed by atoms with van der Waals surface area (Å²) in [4.78, 5) is 13.9. The Labute approximate surface area is 202 Å². The van der Waals surface area contributed by atoms with Gasteiger partial charge in [-0.25, -0.2) is 4.99 Å². The fourth-order valence-corrected chi connectivity index (χ4v) is 3.59. The molecule has 1 aromatic heterocycles. The number of guanidine groups is 1. The van der Waals surface area contributed by atoms with Crippen molar-refractivity contribution in [3.8, 4) is 0 Å². The molecule has 164 valence electrons. The lowest BCUT2D eigenvalue weighted by Gasteiger charge is -2.36. The second-order valence-electron chi connectivity index (χ2n) is 7.11. The summed E-state index contributed by atoms with van der Waals surface area (Å²) in [6.45, 7) is 9.77. The van der Waals surface area contributed by atoms with Gasteiger partial charge in [-0.3, -0.25) is 9.88 Å². The number of piperazine rings is 1. The van der Waals surface area contributed by atoms with Crippen LogP contribution in [0, 0.1) is 0 Å². The average Bonchev–Trinajstić information content (AvgIpc) is 2.76. The van der Waals surface area contributed by atoms with E-state index in [-0.39, 0.29) is 24.0 Å². The minimum Gasteiger partial charge on any atom is -0.369 e. The minimum atomic E-state index is 0. The number of rotatable bonds is 8. The Balaban J connectivity index is 0.00000320. The lowest BCUT2D eigenvalue weighted by molar-refractivity contribution is 0.255. The molecule has 1 saturated heterocycles. The number of halogens is 2. The van der Waals surface area contributed by atoms with Gasteiger partial charge in [0.15, 0.2) is 5.96 Å². The van der Waals surface area contributed by atoms with E-state index in [0.29, 0.717) is 6.54 Å². The number of aliphatic imine (C=N–C) groups is 1. The summed E-state index contributed by atoms with van der Waals surface area (Å²) >= 11 is 6.12. The third kappa shape index (κ3) is 8.28. The molecule has 1 aliphatic heterocycles. The van der Waals surface area contributed by atoms with Crippen LogP contribution in [0.25, 0.3) is 0 Å². The van der Waals surface area contributed by atoms with Crippen LogP contribution in [0.1, 0.15) is 19.0 Å². The van der Waals surface area contributed by atoms with Gasteiger partial charge in [0.2, 0.25) is 0 Å². The van der Waals surface area contributed by atoms with Crippen molar-refractivity contribution in [2.75, 3.05) is 50.7 Å². The van der Waals surface area contributed by atoms with Crippen molar-refractivity contribution in [3.05, 3.63) is 59.4 Å². The zero-order chi connectivity index (χ0) is 20.3. The molecule has 0 aliphatic carbocycles. The predicted molar refractivity (Wildman–Crippen MR) is 137 cm³/mol. The van der Waals surface area contributed by atoms with Crippen molar-refractivity contribution in [1.29, 1.82) is 0 Å². The van der Waals surface area contributed by atoms with Crippen LogP contribution in [0.15, 0.2) is 53.7 Å². The highest BCUT2D eigenvalue weighted by Gasteiger charge is 2.16. The molecule has 30 heavy (non-hydrogen) atoms. The lowest BCUT2D eigenvalue weighted by atomic mass is 10.2. The second kappa shape index (κ2) is 13.7. The number of hydrogen-bond acceptors (Lipinski definition) is 4. The van der Waals surface area contributed by atoms with Crippen molar-refractivity contribution in [1.82, 2.24) is 20.5 Å². The van der Waals surface area contributed by atoms with E-state index in [0.717, 1.165) is 68.9 Å². The van der Waals surface area contributed by atoms with Crippen molar-refractivity contribution < 1.29 is 0 Å². The van der Waals surface area contributed by atoms with Crippen LogP contribution in [-0.4, -0.2) is 61.7 Å². The summed E-state index contributed by atoms with van der Waals surface area (Å²) in [5, 5.41) is 7.53. The molecule has 0 bridgehead atoms. The summed E-state index contributed by atoms with van der Waals surface area (Å²) in [5.74, 6) is 0.851. The molecule has 2 N–H and O–H groups in total. The summed E-state index contributed by atoms with van der Waals surface area (Å²) < 4.78 is 0. The highest BCUT2D eigenvalue weighted by molar-refractivity contribution is 14.0. The predicted octanol–water partition coefficient (Wildman–Crippen LogP) is 3.62. The van der Waals surface area contributed by atoms with Gasteiger partial charge in [-0.05, 0) is 50.2 Å². The van der Waals surface area contributed by atoms with Gasteiger partial charge in [-0.1, -0.05) is 23.7 Å². The highest BCUT2D eigenvalue weighted by atomic mass is 127. The molecule has 0 amide bonds. The zero-order valence-corrected chi connectivity index (χ0v) is 20.6. The molecule has 2 aromatic rings. The van der Waals surface area contributed by atoms with Crippen LogP contribution >= 0.6 is 35.6 Å². The molecule has 0 atom stereocenters. The Morgan fingerprint density at radius 3 is 2.63 bits per heavy atom. The normalized spacial score (nSPS) is 14.9. The number of anilines is 1. The molecule has 2 heterocycles. The van der Waals surface area contributed by atoms with Gasteiger partial charge in [0.25, 0.3) is 0 Å². The van der Waals surface area contributed by atoms with Crippen molar-refractivity contribution >= 4 is 47.2 Å². The quantitative estimate of drug-likeness (QED) is 0.231. The monoisotopic (exact) mass is 542 g/mol. The number of aromatic nitrogens is 1. The molecular weight excluding hydrogens is 511 g/mol. The molecular formula is C22H32ClIN6. The number of hydrogen-bond donors (Lipinski definition) is 2. The molecule has 0 spiro atoms. The number of nitrogens with zero attached hydrogens (tertiary/aromatic N) is 4. The fraction of sp³-hybridized carbons (Fsp3) is 0.455. The zero-order valence-electron chi connectivity index (χ0n) is 17.6. The van der Waals surface area contributed by atoms with Gasteiger partial charge in [-0.2, -0.15) is 0 Å². The molecule has 0 unspecified atom stereocenters. The number of nitrogens with one attached hydrogen (secondary N) is 2. The van der Waals surface area contributed by atoms with E-state index in [4.69, 9.17) is 11.6 Å². The Kier molecular flexibility index (Phi) is 11.2. The van der Waals surface area contributed by atoms with E-state index in [1.165, 1.54) is 5.69 Å². The average molecular weight is 543 g/mol. The Bertz CT molecular complexity index is 765. The number of benzene rings is 1. The van der Waals surface area contributed by atoms with Gasteiger partial charge >= 0.3 is 0 Å². The lowest BCUT2D eigenvalue weighted by Crippen LogP contribution is -2.47. The van der Waals surface area contributed by atoms with E-state index in [1.54, 1.807) is 6.20 Å². The largest absolute Gasteiger partial charge is 0.369 e. The van der Waals surface area contributed by atoms with Crippen LogP contribution in [0.4, 0.5) is 5.69 Å². The Hall–Kier alpha value is -1.58. The molecule has 6 nitrogen and oxygen atoms in total. The first-order valence-electron chi connectivity index (χ1n) is 10.4. The first-order valence-corrected chi connectivity index (χ1v) is 10.8. The summed E-state index contributed by atoms with van der Waals surface area (Å²) in [6, 6.07) is 14.0. The van der Waals surface area contributed by atoms with Crippen molar-refractivity contribution in [2.24, 2.45) is 4.99 Å². The molecule has 0 saturated carbocycles. The standard InChI is InChI=1S/C22H31ClN6.HI/c1-2-24-22(27-18-20-8-3-4-10-25-20)26-11-6-12-28-13-15-29(16-14-28)21-9-5-7-19(23)17-21;/h3-5,7-10,17H,2,6,11-16,18H2,1H3,(H2,24,26,27);1H. The molecule has 1 aromatic carbocycles. The second-order valence-corrected chi connectivity index (χ2v) is 7.54. The molecule has 1 fully saturated rings. The molecule has 0 radical (unpaired) electrons. The van der Waals surface area contributed by atoms with Gasteiger partial charge < -0.3 is 15.5 Å². The summed E-state index contributed by atoms with van der Waals surface area (Å²) in [7, 11) is 0. The first kappa shape index (κ1) is 24.7. The van der Waals surface area contributed by atoms with Crippen LogP contribution in [-0.2, 0) is 6.54 Å². The third-order valence-electron chi connectivity index (χ3n) is 4.96. The van der Waals surface area contributed by atoms with Crippen LogP contribution in [0.3, 0.4) is 0 Å². The van der Waals surface area contributed by atoms with Gasteiger partial charge in [0, 0.05) is 56.2 Å². The topological polar surface area (TPSA) is 55.8 Å². The third-order valence-corrected chi connectivity index (χ3v) is 5.19. The summed E-state index contributed by atoms with van der Waals surface area (Å²) in [6.07, 6.45) is 2.89. The maximum absolute atomic E-state index is 6.12. The van der Waals surface area contributed by atoms with Crippen LogP contribution < -0.4 is 15.5 Å². The first-order chi connectivity index (χ1) is 14.2. The summed E-state index contributed by atoms with van der Waals surface area (Å²) in [5.41, 5.74) is 2.19. The van der Waals surface area contributed by atoms with Crippen LogP contribution in [0.5, 0.6) is 0 Å². The minimum absolute atomic E-state index is 0. The van der Waals surface area contributed by atoms with E-state index < -0.39 is 0 Å². The molecule has 8 heteroatoms. The van der Waals surface area contributed by atoms with E-state index >= 15 is 0 Å². The van der Waals surface area contributed by atoms with Crippen molar-refractivity contribution in [3.63, 3.8) is 0 Å².